The van der Waals surface area contributed by atoms with Crippen LogP contribution in [0.1, 0.15) is 49.9 Å². The molecule has 1 unspecified atom stereocenters. The van der Waals surface area contributed by atoms with Gasteiger partial charge in [0.05, 0.1) is 0 Å². The third kappa shape index (κ3) is 2.44. The zero-order valence-corrected chi connectivity index (χ0v) is 10.8. The summed E-state index contributed by atoms with van der Waals surface area (Å²) in [6.07, 6.45) is 5.61. The average Bonchev–Trinajstić information content (AvgIpc) is 2.36. The molecule has 1 aliphatic rings. The summed E-state index contributed by atoms with van der Waals surface area (Å²) in [5, 5.41) is 3.35. The number of nitrogens with one attached hydrogen (secondary N) is 1. The third-order valence-corrected chi connectivity index (χ3v) is 3.70. The molecule has 0 bridgehead atoms. The van der Waals surface area contributed by atoms with Crippen molar-refractivity contribution >= 4 is 0 Å². The van der Waals surface area contributed by atoms with Crippen LogP contribution in [-0.2, 0) is 13.0 Å². The van der Waals surface area contributed by atoms with Crippen molar-refractivity contribution in [3.8, 4) is 0 Å². The van der Waals surface area contributed by atoms with Crippen LogP contribution >= 0.6 is 0 Å². The predicted octanol–water partition coefficient (Wildman–Crippen LogP) is 2.25. The molecule has 0 amide bonds. The first-order chi connectivity index (χ1) is 8.27. The Morgan fingerprint density at radius 2 is 2.29 bits per heavy atom. The van der Waals surface area contributed by atoms with E-state index in [1.165, 1.54) is 24.1 Å². The van der Waals surface area contributed by atoms with E-state index in [1.54, 1.807) is 6.07 Å². The minimum absolute atomic E-state index is 0.161. The molecule has 94 valence electrons. The van der Waals surface area contributed by atoms with E-state index in [-0.39, 0.29) is 5.56 Å². The quantitative estimate of drug-likeness (QED) is 0.867. The molecule has 1 N–H and O–H groups in total. The van der Waals surface area contributed by atoms with Gasteiger partial charge in [0.15, 0.2) is 0 Å². The van der Waals surface area contributed by atoms with Gasteiger partial charge in [-0.25, -0.2) is 0 Å². The van der Waals surface area contributed by atoms with Gasteiger partial charge >= 0.3 is 0 Å². The van der Waals surface area contributed by atoms with Crippen LogP contribution in [-0.4, -0.2) is 11.6 Å². The van der Waals surface area contributed by atoms with Crippen LogP contribution in [0.15, 0.2) is 16.9 Å². The highest BCUT2D eigenvalue weighted by Gasteiger charge is 2.21. The Labute approximate surface area is 103 Å². The fourth-order valence-electron chi connectivity index (χ4n) is 2.72. The number of aromatic nitrogens is 1. The molecule has 0 aromatic carbocycles. The Morgan fingerprint density at radius 1 is 1.47 bits per heavy atom. The summed E-state index contributed by atoms with van der Waals surface area (Å²) in [5.41, 5.74) is 2.75. The second-order valence-corrected chi connectivity index (χ2v) is 4.81. The largest absolute Gasteiger partial charge is 0.313 e. The van der Waals surface area contributed by atoms with Gasteiger partial charge in [0.2, 0.25) is 0 Å². The van der Waals surface area contributed by atoms with E-state index in [0.29, 0.717) is 6.04 Å². The van der Waals surface area contributed by atoms with Gasteiger partial charge in [-0.1, -0.05) is 19.4 Å². The van der Waals surface area contributed by atoms with Crippen LogP contribution in [0.25, 0.3) is 0 Å². The Kier molecular flexibility index (Phi) is 4.00. The second-order valence-electron chi connectivity index (χ2n) is 4.81. The van der Waals surface area contributed by atoms with Crippen molar-refractivity contribution in [2.75, 3.05) is 7.05 Å². The Morgan fingerprint density at radius 3 is 3.00 bits per heavy atom. The molecule has 0 fully saturated rings. The Hall–Kier alpha value is -1.09. The summed E-state index contributed by atoms with van der Waals surface area (Å²) in [6.45, 7) is 3.03. The van der Waals surface area contributed by atoms with Crippen LogP contribution < -0.4 is 10.9 Å². The van der Waals surface area contributed by atoms with Crippen LogP contribution in [0.3, 0.4) is 0 Å². The fourth-order valence-corrected chi connectivity index (χ4v) is 2.72. The summed E-state index contributed by atoms with van der Waals surface area (Å²) < 4.78 is 1.99. The van der Waals surface area contributed by atoms with Crippen LogP contribution in [0, 0.1) is 0 Å². The zero-order chi connectivity index (χ0) is 12.3. The van der Waals surface area contributed by atoms with Gasteiger partial charge in [0, 0.05) is 24.3 Å². The maximum absolute atomic E-state index is 11.9. The number of rotatable bonds is 4. The van der Waals surface area contributed by atoms with E-state index in [2.05, 4.69) is 12.2 Å². The van der Waals surface area contributed by atoms with E-state index in [9.17, 15) is 4.79 Å². The standard InChI is InChI=1S/C14H22N2O/c1-3-4-10-16-13-7-5-6-12(15-2)11(13)8-9-14(16)17/h8-9,12,15H,3-7,10H2,1-2H3. The smallest absolute Gasteiger partial charge is 0.250 e. The molecule has 0 aliphatic heterocycles. The lowest BCUT2D eigenvalue weighted by atomic mass is 9.91. The number of pyridine rings is 1. The molecule has 1 atom stereocenters. The molecule has 0 saturated carbocycles. The molecule has 0 spiro atoms. The van der Waals surface area contributed by atoms with Crippen LogP contribution in [0.4, 0.5) is 0 Å². The highest BCUT2D eigenvalue weighted by Crippen LogP contribution is 2.28. The highest BCUT2D eigenvalue weighted by atomic mass is 16.1. The highest BCUT2D eigenvalue weighted by molar-refractivity contribution is 5.27. The second kappa shape index (κ2) is 5.50. The summed E-state index contributed by atoms with van der Waals surface area (Å²) in [4.78, 5) is 11.9. The Bertz CT molecular complexity index is 436. The summed E-state index contributed by atoms with van der Waals surface area (Å²) in [7, 11) is 2.00. The van der Waals surface area contributed by atoms with Crippen molar-refractivity contribution in [1.82, 2.24) is 9.88 Å². The molecule has 2 rings (SSSR count). The lowest BCUT2D eigenvalue weighted by molar-refractivity contribution is 0.463. The van der Waals surface area contributed by atoms with Gasteiger partial charge in [-0.3, -0.25) is 4.79 Å². The fraction of sp³-hybridized carbons (Fsp3) is 0.643. The summed E-state index contributed by atoms with van der Waals surface area (Å²) in [6, 6.07) is 4.16. The molecular formula is C14H22N2O. The summed E-state index contributed by atoms with van der Waals surface area (Å²) in [5.74, 6) is 0. The normalized spacial score (nSPS) is 19.1. The van der Waals surface area contributed by atoms with Crippen molar-refractivity contribution in [2.24, 2.45) is 0 Å². The van der Waals surface area contributed by atoms with Crippen LogP contribution in [0.5, 0.6) is 0 Å². The first kappa shape index (κ1) is 12.4. The predicted molar refractivity (Wildman–Crippen MR) is 70.3 cm³/mol. The number of unbranched alkanes of at least 4 members (excludes halogenated alkanes) is 1. The molecule has 3 nitrogen and oxygen atoms in total. The monoisotopic (exact) mass is 234 g/mol. The minimum atomic E-state index is 0.161. The van der Waals surface area contributed by atoms with E-state index in [0.717, 1.165) is 25.8 Å². The van der Waals surface area contributed by atoms with Gasteiger partial charge in [0.25, 0.3) is 5.56 Å². The van der Waals surface area contributed by atoms with E-state index < -0.39 is 0 Å². The molecule has 1 aromatic rings. The average molecular weight is 234 g/mol. The molecule has 17 heavy (non-hydrogen) atoms. The molecule has 3 heteroatoms. The maximum atomic E-state index is 11.9. The van der Waals surface area contributed by atoms with Gasteiger partial charge in [0.1, 0.15) is 0 Å². The van der Waals surface area contributed by atoms with Crippen LogP contribution in [0.2, 0.25) is 0 Å². The number of fused-ring (bicyclic) bond motifs is 1. The first-order valence-corrected chi connectivity index (χ1v) is 6.67. The minimum Gasteiger partial charge on any atom is -0.313 e. The number of hydrogen-bond acceptors (Lipinski definition) is 2. The van der Waals surface area contributed by atoms with Gasteiger partial charge in [-0.15, -0.1) is 0 Å². The van der Waals surface area contributed by atoms with Gasteiger partial charge in [-0.2, -0.15) is 0 Å². The number of hydrogen-bond donors (Lipinski definition) is 1. The zero-order valence-electron chi connectivity index (χ0n) is 10.8. The summed E-state index contributed by atoms with van der Waals surface area (Å²) >= 11 is 0. The SMILES string of the molecule is CCCCn1c2c(ccc1=O)C(NC)CCC2. The van der Waals surface area contributed by atoms with E-state index in [4.69, 9.17) is 0 Å². The number of nitrogens with zero attached hydrogens (tertiary/aromatic N) is 1. The molecular weight excluding hydrogens is 212 g/mol. The van der Waals surface area contributed by atoms with Gasteiger partial charge in [-0.05, 0) is 38.3 Å². The molecule has 1 aromatic heterocycles. The first-order valence-electron chi connectivity index (χ1n) is 6.67. The van der Waals surface area contributed by atoms with Crippen molar-refractivity contribution in [2.45, 2.75) is 51.6 Å². The van der Waals surface area contributed by atoms with E-state index >= 15 is 0 Å². The van der Waals surface area contributed by atoms with Crippen molar-refractivity contribution in [3.05, 3.63) is 33.7 Å². The molecule has 1 aliphatic carbocycles. The Balaban J connectivity index is 2.41. The molecule has 0 radical (unpaired) electrons. The maximum Gasteiger partial charge on any atom is 0.250 e. The van der Waals surface area contributed by atoms with Gasteiger partial charge < -0.3 is 9.88 Å². The third-order valence-electron chi connectivity index (χ3n) is 3.70. The van der Waals surface area contributed by atoms with E-state index in [1.807, 2.05) is 17.7 Å². The van der Waals surface area contributed by atoms with Crippen molar-refractivity contribution in [3.63, 3.8) is 0 Å². The van der Waals surface area contributed by atoms with Crippen molar-refractivity contribution in [1.29, 1.82) is 0 Å². The van der Waals surface area contributed by atoms with Crippen molar-refractivity contribution < 1.29 is 0 Å². The lowest BCUT2D eigenvalue weighted by Crippen LogP contribution is -2.30. The lowest BCUT2D eigenvalue weighted by Gasteiger charge is -2.27. The molecule has 0 saturated heterocycles. The topological polar surface area (TPSA) is 34.0 Å². The molecule has 1 heterocycles.